The van der Waals surface area contributed by atoms with Crippen LogP contribution in [0.25, 0.3) is 10.9 Å². The lowest BCUT2D eigenvalue weighted by Gasteiger charge is -2.37. The largest absolute Gasteiger partial charge is 0.350 e. The molecular weight excluding hydrogens is 276 g/mol. The SMILES string of the molecule is CNC1CCC(C(C)C)CC1Sc1cc2ccccc2[nH]1. The Morgan fingerprint density at radius 1 is 1.24 bits per heavy atom. The number of benzene rings is 1. The highest BCUT2D eigenvalue weighted by Gasteiger charge is 2.31. The van der Waals surface area contributed by atoms with Crippen LogP contribution in [-0.4, -0.2) is 23.3 Å². The molecule has 2 N–H and O–H groups in total. The minimum atomic E-state index is 0.636. The first-order valence-corrected chi connectivity index (χ1v) is 8.97. The van der Waals surface area contributed by atoms with Gasteiger partial charge in [0.05, 0.1) is 5.03 Å². The molecule has 21 heavy (non-hydrogen) atoms. The topological polar surface area (TPSA) is 27.8 Å². The summed E-state index contributed by atoms with van der Waals surface area (Å²) in [5.74, 6) is 1.67. The number of rotatable bonds is 4. The molecule has 1 aliphatic rings. The number of nitrogens with one attached hydrogen (secondary N) is 2. The van der Waals surface area contributed by atoms with Gasteiger partial charge in [0, 0.05) is 22.2 Å². The van der Waals surface area contributed by atoms with Crippen molar-refractivity contribution < 1.29 is 0 Å². The Morgan fingerprint density at radius 3 is 2.76 bits per heavy atom. The van der Waals surface area contributed by atoms with Gasteiger partial charge in [-0.1, -0.05) is 32.0 Å². The van der Waals surface area contributed by atoms with E-state index in [1.165, 1.54) is 35.2 Å². The molecular formula is C18H26N2S. The highest BCUT2D eigenvalue weighted by Crippen LogP contribution is 2.39. The molecule has 0 spiro atoms. The first-order valence-electron chi connectivity index (χ1n) is 8.09. The highest BCUT2D eigenvalue weighted by molar-refractivity contribution is 7.99. The normalized spacial score (nSPS) is 26.6. The monoisotopic (exact) mass is 302 g/mol. The molecule has 114 valence electrons. The Bertz CT molecular complexity index is 557. The summed E-state index contributed by atoms with van der Waals surface area (Å²) < 4.78 is 0. The Kier molecular flexibility index (Phi) is 4.60. The summed E-state index contributed by atoms with van der Waals surface area (Å²) in [4.78, 5) is 3.57. The van der Waals surface area contributed by atoms with Crippen LogP contribution in [0.2, 0.25) is 0 Å². The molecule has 1 aliphatic carbocycles. The number of H-pyrrole nitrogens is 1. The Labute approximate surface area is 132 Å². The molecule has 0 radical (unpaired) electrons. The zero-order chi connectivity index (χ0) is 14.8. The third-order valence-corrected chi connectivity index (χ3v) is 6.23. The summed E-state index contributed by atoms with van der Waals surface area (Å²) in [7, 11) is 2.11. The maximum atomic E-state index is 3.57. The van der Waals surface area contributed by atoms with Crippen molar-refractivity contribution >= 4 is 22.7 Å². The molecule has 0 amide bonds. The smallest absolute Gasteiger partial charge is 0.0735 e. The fourth-order valence-corrected chi connectivity index (χ4v) is 4.97. The molecule has 0 aliphatic heterocycles. The molecule has 1 aromatic carbocycles. The van der Waals surface area contributed by atoms with Gasteiger partial charge in [0.1, 0.15) is 0 Å². The van der Waals surface area contributed by atoms with E-state index in [0.717, 1.165) is 11.8 Å². The minimum Gasteiger partial charge on any atom is -0.350 e. The number of aromatic nitrogens is 1. The average Bonchev–Trinajstić information content (AvgIpc) is 2.89. The lowest BCUT2D eigenvalue weighted by atomic mass is 9.79. The second kappa shape index (κ2) is 6.45. The number of aromatic amines is 1. The minimum absolute atomic E-state index is 0.636. The molecule has 3 rings (SSSR count). The van der Waals surface area contributed by atoms with Crippen LogP contribution in [0.15, 0.2) is 35.4 Å². The van der Waals surface area contributed by atoms with E-state index in [2.05, 4.69) is 61.5 Å². The molecule has 1 heterocycles. The molecule has 1 saturated carbocycles. The predicted molar refractivity (Wildman–Crippen MR) is 93.0 cm³/mol. The van der Waals surface area contributed by atoms with Gasteiger partial charge in [-0.05, 0) is 50.3 Å². The van der Waals surface area contributed by atoms with Crippen molar-refractivity contribution in [3.63, 3.8) is 0 Å². The molecule has 1 fully saturated rings. The Balaban J connectivity index is 1.76. The van der Waals surface area contributed by atoms with Gasteiger partial charge in [0.25, 0.3) is 0 Å². The van der Waals surface area contributed by atoms with E-state index < -0.39 is 0 Å². The van der Waals surface area contributed by atoms with Crippen LogP contribution in [-0.2, 0) is 0 Å². The van der Waals surface area contributed by atoms with Crippen molar-refractivity contribution in [3.8, 4) is 0 Å². The van der Waals surface area contributed by atoms with Crippen LogP contribution in [0.4, 0.5) is 0 Å². The maximum Gasteiger partial charge on any atom is 0.0735 e. The summed E-state index contributed by atoms with van der Waals surface area (Å²) in [5, 5.41) is 6.83. The van der Waals surface area contributed by atoms with Crippen molar-refractivity contribution in [1.82, 2.24) is 10.3 Å². The third-order valence-electron chi connectivity index (χ3n) is 4.93. The molecule has 2 aromatic rings. The molecule has 0 saturated heterocycles. The number of fused-ring (bicyclic) bond motifs is 1. The van der Waals surface area contributed by atoms with E-state index in [0.29, 0.717) is 11.3 Å². The lowest BCUT2D eigenvalue weighted by molar-refractivity contribution is 0.251. The zero-order valence-corrected chi connectivity index (χ0v) is 14.0. The van der Waals surface area contributed by atoms with Gasteiger partial charge in [0.15, 0.2) is 0 Å². The standard InChI is InChI=1S/C18H26N2S/c1-12(2)13-8-9-16(19-3)17(10-13)21-18-11-14-6-4-5-7-15(14)20-18/h4-7,11-13,16-17,19-20H,8-10H2,1-3H3. The van der Waals surface area contributed by atoms with E-state index in [9.17, 15) is 0 Å². The van der Waals surface area contributed by atoms with Gasteiger partial charge in [-0.2, -0.15) is 0 Å². The van der Waals surface area contributed by atoms with E-state index in [-0.39, 0.29) is 0 Å². The van der Waals surface area contributed by atoms with Crippen molar-refractivity contribution in [2.75, 3.05) is 7.05 Å². The van der Waals surface area contributed by atoms with Gasteiger partial charge >= 0.3 is 0 Å². The van der Waals surface area contributed by atoms with Crippen molar-refractivity contribution in [3.05, 3.63) is 30.3 Å². The third kappa shape index (κ3) is 3.29. The summed E-state index contributed by atoms with van der Waals surface area (Å²) in [5.41, 5.74) is 1.25. The predicted octanol–water partition coefficient (Wildman–Crippen LogP) is 4.67. The second-order valence-electron chi connectivity index (χ2n) is 6.59. The quantitative estimate of drug-likeness (QED) is 0.858. The summed E-state index contributed by atoms with van der Waals surface area (Å²) in [6, 6.07) is 11.5. The molecule has 0 bridgehead atoms. The maximum absolute atomic E-state index is 3.57. The van der Waals surface area contributed by atoms with E-state index in [1.807, 2.05) is 11.8 Å². The molecule has 3 unspecified atom stereocenters. The van der Waals surface area contributed by atoms with E-state index in [1.54, 1.807) is 0 Å². The van der Waals surface area contributed by atoms with E-state index >= 15 is 0 Å². The van der Waals surface area contributed by atoms with Crippen molar-refractivity contribution in [2.45, 2.75) is 49.4 Å². The number of hydrogen-bond donors (Lipinski definition) is 2. The highest BCUT2D eigenvalue weighted by atomic mass is 32.2. The Hall–Kier alpha value is -0.930. The summed E-state index contributed by atoms with van der Waals surface area (Å²) >= 11 is 2.03. The van der Waals surface area contributed by atoms with Crippen LogP contribution in [0.5, 0.6) is 0 Å². The molecule has 2 nitrogen and oxygen atoms in total. The Morgan fingerprint density at radius 2 is 2.05 bits per heavy atom. The number of para-hydroxylation sites is 1. The molecule has 3 atom stereocenters. The number of hydrogen-bond acceptors (Lipinski definition) is 2. The zero-order valence-electron chi connectivity index (χ0n) is 13.2. The van der Waals surface area contributed by atoms with Crippen LogP contribution >= 0.6 is 11.8 Å². The summed E-state index contributed by atoms with van der Waals surface area (Å²) in [6.45, 7) is 4.74. The van der Waals surface area contributed by atoms with Gasteiger partial charge in [-0.25, -0.2) is 0 Å². The van der Waals surface area contributed by atoms with Crippen LogP contribution in [0.3, 0.4) is 0 Å². The van der Waals surface area contributed by atoms with Gasteiger partial charge in [-0.3, -0.25) is 0 Å². The number of thioether (sulfide) groups is 1. The second-order valence-corrected chi connectivity index (χ2v) is 7.87. The van der Waals surface area contributed by atoms with Gasteiger partial charge < -0.3 is 10.3 Å². The van der Waals surface area contributed by atoms with Crippen molar-refractivity contribution in [1.29, 1.82) is 0 Å². The molecule has 1 aromatic heterocycles. The molecule has 3 heteroatoms. The van der Waals surface area contributed by atoms with Crippen LogP contribution in [0.1, 0.15) is 33.1 Å². The first-order chi connectivity index (χ1) is 10.2. The first kappa shape index (κ1) is 15.0. The fraction of sp³-hybridized carbons (Fsp3) is 0.556. The van der Waals surface area contributed by atoms with E-state index in [4.69, 9.17) is 0 Å². The average molecular weight is 302 g/mol. The van der Waals surface area contributed by atoms with Gasteiger partial charge in [-0.15, -0.1) is 11.8 Å². The van der Waals surface area contributed by atoms with Crippen LogP contribution in [0, 0.1) is 11.8 Å². The van der Waals surface area contributed by atoms with Gasteiger partial charge in [0.2, 0.25) is 0 Å². The summed E-state index contributed by atoms with van der Waals surface area (Å²) in [6.07, 6.45) is 3.99. The van der Waals surface area contributed by atoms with Crippen LogP contribution < -0.4 is 5.32 Å². The fourth-order valence-electron chi connectivity index (χ4n) is 3.50. The lowest BCUT2D eigenvalue weighted by Crippen LogP contribution is -2.41. The van der Waals surface area contributed by atoms with Crippen molar-refractivity contribution in [2.24, 2.45) is 11.8 Å².